The van der Waals surface area contributed by atoms with Gasteiger partial charge in [-0.15, -0.1) is 0 Å². The molecule has 3 nitrogen and oxygen atoms in total. The van der Waals surface area contributed by atoms with E-state index in [1.54, 1.807) is 4.68 Å². The Kier molecular flexibility index (Phi) is 3.53. The van der Waals surface area contributed by atoms with Crippen LogP contribution in [0.15, 0.2) is 6.20 Å². The monoisotopic (exact) mass is 178 g/mol. The molecule has 0 aliphatic heterocycles. The van der Waals surface area contributed by atoms with Crippen molar-refractivity contribution < 1.29 is 5.11 Å². The third-order valence-corrected chi connectivity index (χ3v) is 1.69. The van der Waals surface area contributed by atoms with Gasteiger partial charge in [-0.05, 0) is 6.42 Å². The smallest absolute Gasteiger partial charge is 0.104 e. The minimum absolute atomic E-state index is 0.0968. The first-order valence-electron chi connectivity index (χ1n) is 4.40. The van der Waals surface area contributed by atoms with Crippen molar-refractivity contribution in [1.82, 2.24) is 9.78 Å². The van der Waals surface area contributed by atoms with Crippen molar-refractivity contribution in [1.29, 1.82) is 0 Å². The van der Waals surface area contributed by atoms with Gasteiger partial charge in [0.25, 0.3) is 0 Å². The molecule has 0 saturated heterocycles. The van der Waals surface area contributed by atoms with Crippen molar-refractivity contribution in [3.05, 3.63) is 17.5 Å². The summed E-state index contributed by atoms with van der Waals surface area (Å²) < 4.78 is 1.76. The number of aromatic nitrogens is 2. The quantitative estimate of drug-likeness (QED) is 0.677. The first-order chi connectivity index (χ1) is 6.27. The number of aryl methyl sites for hydroxylation is 2. The van der Waals surface area contributed by atoms with E-state index in [4.69, 9.17) is 5.11 Å². The molecule has 0 bridgehead atoms. The molecule has 0 unspecified atom stereocenters. The lowest BCUT2D eigenvalue weighted by Crippen LogP contribution is -1.91. The summed E-state index contributed by atoms with van der Waals surface area (Å²) in [6.07, 6.45) is 3.88. The van der Waals surface area contributed by atoms with Crippen LogP contribution < -0.4 is 0 Å². The first-order valence-corrected chi connectivity index (χ1v) is 4.40. The minimum atomic E-state index is -0.0968. The van der Waals surface area contributed by atoms with Crippen LogP contribution in [0, 0.1) is 11.8 Å². The van der Waals surface area contributed by atoms with Gasteiger partial charge in [0.2, 0.25) is 0 Å². The van der Waals surface area contributed by atoms with Crippen molar-refractivity contribution in [3.63, 3.8) is 0 Å². The van der Waals surface area contributed by atoms with Crippen LogP contribution in [0.2, 0.25) is 0 Å². The summed E-state index contributed by atoms with van der Waals surface area (Å²) in [4.78, 5) is 0. The van der Waals surface area contributed by atoms with Gasteiger partial charge in [0.05, 0.1) is 11.3 Å². The second-order valence-electron chi connectivity index (χ2n) is 2.87. The Morgan fingerprint density at radius 1 is 1.62 bits per heavy atom. The van der Waals surface area contributed by atoms with Gasteiger partial charge in [-0.25, -0.2) is 0 Å². The number of nitrogens with zero attached hydrogens (tertiary/aromatic N) is 2. The fourth-order valence-electron chi connectivity index (χ4n) is 1.20. The van der Waals surface area contributed by atoms with E-state index in [1.807, 2.05) is 13.2 Å². The zero-order chi connectivity index (χ0) is 9.68. The molecule has 0 atom stereocenters. The second-order valence-corrected chi connectivity index (χ2v) is 2.87. The Balaban J connectivity index is 2.90. The molecule has 1 rings (SSSR count). The van der Waals surface area contributed by atoms with Crippen LogP contribution in [0.4, 0.5) is 0 Å². The van der Waals surface area contributed by atoms with Crippen molar-refractivity contribution >= 4 is 0 Å². The molecule has 0 aliphatic carbocycles. The molecule has 0 aliphatic rings. The van der Waals surface area contributed by atoms with Gasteiger partial charge in [-0.3, -0.25) is 4.68 Å². The molecule has 0 fully saturated rings. The Bertz CT molecular complexity index is 330. The Hall–Kier alpha value is -1.27. The summed E-state index contributed by atoms with van der Waals surface area (Å²) in [5, 5.41) is 12.8. The predicted octanol–water partition coefficient (Wildman–Crippen LogP) is 0.716. The van der Waals surface area contributed by atoms with Gasteiger partial charge < -0.3 is 5.11 Å². The number of aliphatic hydroxyl groups is 1. The van der Waals surface area contributed by atoms with Crippen molar-refractivity contribution in [3.8, 4) is 11.8 Å². The van der Waals surface area contributed by atoms with Gasteiger partial charge >= 0.3 is 0 Å². The number of aliphatic hydroxyl groups excluding tert-OH is 1. The van der Waals surface area contributed by atoms with Gasteiger partial charge in [-0.2, -0.15) is 5.10 Å². The summed E-state index contributed by atoms with van der Waals surface area (Å²) >= 11 is 0. The summed E-state index contributed by atoms with van der Waals surface area (Å²) in [5.41, 5.74) is 1.95. The molecule has 0 saturated carbocycles. The minimum Gasteiger partial charge on any atom is -0.384 e. The second kappa shape index (κ2) is 4.68. The third kappa shape index (κ3) is 2.60. The van der Waals surface area contributed by atoms with Crippen LogP contribution in [-0.2, 0) is 13.5 Å². The molecule has 0 spiro atoms. The van der Waals surface area contributed by atoms with Crippen molar-refractivity contribution in [2.24, 2.45) is 7.05 Å². The van der Waals surface area contributed by atoms with Crippen LogP contribution in [0.25, 0.3) is 0 Å². The normalized spacial score (nSPS) is 9.46. The molecule has 0 amide bonds. The van der Waals surface area contributed by atoms with E-state index in [0.717, 1.165) is 24.1 Å². The van der Waals surface area contributed by atoms with E-state index in [-0.39, 0.29) is 6.61 Å². The van der Waals surface area contributed by atoms with E-state index < -0.39 is 0 Å². The molecular weight excluding hydrogens is 164 g/mol. The molecule has 70 valence electrons. The van der Waals surface area contributed by atoms with Crippen LogP contribution in [0.1, 0.15) is 24.6 Å². The van der Waals surface area contributed by atoms with Crippen LogP contribution in [0.3, 0.4) is 0 Å². The lowest BCUT2D eigenvalue weighted by atomic mass is 10.2. The average molecular weight is 178 g/mol. The largest absolute Gasteiger partial charge is 0.384 e. The first kappa shape index (κ1) is 9.82. The Morgan fingerprint density at radius 3 is 3.00 bits per heavy atom. The van der Waals surface area contributed by atoms with E-state index in [9.17, 15) is 0 Å². The molecule has 1 heterocycles. The zero-order valence-corrected chi connectivity index (χ0v) is 8.04. The maximum atomic E-state index is 8.55. The lowest BCUT2D eigenvalue weighted by molar-refractivity contribution is 0.350. The standard InChI is InChI=1S/C10H14N2O/c1-3-5-10-9(6-4-7-13)8-12(2)11-10/h8,13H,3,5,7H2,1-2H3. The molecule has 0 aromatic carbocycles. The van der Waals surface area contributed by atoms with E-state index in [1.165, 1.54) is 0 Å². The highest BCUT2D eigenvalue weighted by atomic mass is 16.2. The highest BCUT2D eigenvalue weighted by molar-refractivity contribution is 5.36. The number of hydrogen-bond acceptors (Lipinski definition) is 2. The lowest BCUT2D eigenvalue weighted by Gasteiger charge is -1.90. The highest BCUT2D eigenvalue weighted by Crippen LogP contribution is 2.06. The summed E-state index contributed by atoms with van der Waals surface area (Å²) in [5.74, 6) is 5.51. The molecule has 1 aromatic rings. The van der Waals surface area contributed by atoms with Gasteiger partial charge in [-0.1, -0.05) is 25.2 Å². The fourth-order valence-corrected chi connectivity index (χ4v) is 1.20. The zero-order valence-electron chi connectivity index (χ0n) is 8.04. The molecule has 3 heteroatoms. The van der Waals surface area contributed by atoms with Crippen LogP contribution >= 0.6 is 0 Å². The SMILES string of the molecule is CCCc1nn(C)cc1C#CCO. The van der Waals surface area contributed by atoms with Crippen LogP contribution in [0.5, 0.6) is 0 Å². The van der Waals surface area contributed by atoms with Gasteiger partial charge in [0, 0.05) is 13.2 Å². The summed E-state index contributed by atoms with van der Waals surface area (Å²) in [6, 6.07) is 0. The maximum Gasteiger partial charge on any atom is 0.104 e. The Morgan fingerprint density at radius 2 is 2.38 bits per heavy atom. The van der Waals surface area contributed by atoms with Crippen molar-refractivity contribution in [2.45, 2.75) is 19.8 Å². The molecule has 1 N–H and O–H groups in total. The predicted molar refractivity (Wildman–Crippen MR) is 51.2 cm³/mol. The molecule has 13 heavy (non-hydrogen) atoms. The number of rotatable bonds is 2. The molecule has 0 radical (unpaired) electrons. The van der Waals surface area contributed by atoms with Gasteiger partial charge in [0.1, 0.15) is 6.61 Å². The van der Waals surface area contributed by atoms with Gasteiger partial charge in [0.15, 0.2) is 0 Å². The number of hydrogen-bond donors (Lipinski definition) is 1. The maximum absolute atomic E-state index is 8.55. The van der Waals surface area contributed by atoms with E-state index in [2.05, 4.69) is 23.9 Å². The molecule has 1 aromatic heterocycles. The Labute approximate surface area is 78.4 Å². The van der Waals surface area contributed by atoms with E-state index >= 15 is 0 Å². The van der Waals surface area contributed by atoms with Crippen LogP contribution in [-0.4, -0.2) is 21.5 Å². The topological polar surface area (TPSA) is 38.0 Å². The van der Waals surface area contributed by atoms with Crippen molar-refractivity contribution in [2.75, 3.05) is 6.61 Å². The highest BCUT2D eigenvalue weighted by Gasteiger charge is 2.03. The average Bonchev–Trinajstić information content (AvgIpc) is 2.44. The van der Waals surface area contributed by atoms with E-state index in [0.29, 0.717) is 0 Å². The molecular formula is C10H14N2O. The summed E-state index contributed by atoms with van der Waals surface area (Å²) in [7, 11) is 1.88. The fraction of sp³-hybridized carbons (Fsp3) is 0.500. The summed E-state index contributed by atoms with van der Waals surface area (Å²) in [6.45, 7) is 2.01. The third-order valence-electron chi connectivity index (χ3n) is 1.69.